The van der Waals surface area contributed by atoms with Crippen molar-refractivity contribution in [3.05, 3.63) is 90.8 Å². The fraction of sp³-hybridized carbons (Fsp3) is 0.0833. The van der Waals surface area contributed by atoms with Gasteiger partial charge in [0.05, 0.1) is 11.0 Å². The highest BCUT2D eigenvalue weighted by atomic mass is 19.4. The molecule has 0 radical (unpaired) electrons. The van der Waals surface area contributed by atoms with Gasteiger partial charge in [0.1, 0.15) is 0 Å². The SMILES string of the molecule is CNc1nc(N(c2ccccc2)c2ccccc2)nc(-n2c(C(F)(F)F)nc3ccccc32)n1. The summed E-state index contributed by atoms with van der Waals surface area (Å²) in [5, 5.41) is 2.83. The van der Waals surface area contributed by atoms with E-state index >= 15 is 0 Å². The van der Waals surface area contributed by atoms with Crippen molar-refractivity contribution in [2.24, 2.45) is 0 Å². The summed E-state index contributed by atoms with van der Waals surface area (Å²) >= 11 is 0. The summed E-state index contributed by atoms with van der Waals surface area (Å²) in [4.78, 5) is 18.8. The van der Waals surface area contributed by atoms with Crippen LogP contribution in [-0.4, -0.2) is 31.6 Å². The van der Waals surface area contributed by atoms with Crippen LogP contribution < -0.4 is 10.2 Å². The van der Waals surface area contributed by atoms with E-state index in [1.807, 2.05) is 60.7 Å². The molecule has 5 rings (SSSR count). The first kappa shape index (κ1) is 21.4. The van der Waals surface area contributed by atoms with E-state index in [-0.39, 0.29) is 28.9 Å². The van der Waals surface area contributed by atoms with Crippen LogP contribution in [0, 0.1) is 0 Å². The number of nitrogens with one attached hydrogen (secondary N) is 1. The van der Waals surface area contributed by atoms with E-state index in [0.717, 1.165) is 15.9 Å². The number of imidazole rings is 1. The van der Waals surface area contributed by atoms with E-state index < -0.39 is 12.0 Å². The molecule has 0 aliphatic rings. The molecule has 0 aliphatic heterocycles. The largest absolute Gasteiger partial charge is 0.450 e. The average molecular weight is 461 g/mol. The Morgan fingerprint density at radius 2 is 1.32 bits per heavy atom. The third-order valence-corrected chi connectivity index (χ3v) is 5.08. The van der Waals surface area contributed by atoms with Crippen molar-refractivity contribution in [2.45, 2.75) is 6.18 Å². The van der Waals surface area contributed by atoms with Gasteiger partial charge in [-0.15, -0.1) is 0 Å². The number of benzene rings is 3. The lowest BCUT2D eigenvalue weighted by Crippen LogP contribution is -2.20. The Bertz CT molecular complexity index is 1390. The van der Waals surface area contributed by atoms with Gasteiger partial charge in [0.15, 0.2) is 0 Å². The first-order valence-electron chi connectivity index (χ1n) is 10.3. The molecule has 2 aromatic heterocycles. The molecule has 0 unspecified atom stereocenters. The monoisotopic (exact) mass is 461 g/mol. The van der Waals surface area contributed by atoms with Crippen molar-refractivity contribution >= 4 is 34.3 Å². The zero-order chi connectivity index (χ0) is 23.7. The lowest BCUT2D eigenvalue weighted by atomic mass is 10.2. The number of para-hydroxylation sites is 4. The lowest BCUT2D eigenvalue weighted by Gasteiger charge is -2.24. The van der Waals surface area contributed by atoms with Crippen molar-refractivity contribution in [3.63, 3.8) is 0 Å². The molecule has 3 aromatic carbocycles. The number of fused-ring (bicyclic) bond motifs is 1. The summed E-state index contributed by atoms with van der Waals surface area (Å²) in [5.74, 6) is -1.05. The molecule has 0 aliphatic carbocycles. The molecule has 2 heterocycles. The fourth-order valence-corrected chi connectivity index (χ4v) is 3.62. The third-order valence-electron chi connectivity index (χ3n) is 5.08. The van der Waals surface area contributed by atoms with Crippen LogP contribution in [0.3, 0.4) is 0 Å². The fourth-order valence-electron chi connectivity index (χ4n) is 3.62. The summed E-state index contributed by atoms with van der Waals surface area (Å²) < 4.78 is 42.8. The van der Waals surface area contributed by atoms with Gasteiger partial charge in [0, 0.05) is 18.4 Å². The highest BCUT2D eigenvalue weighted by molar-refractivity contribution is 5.78. The lowest BCUT2D eigenvalue weighted by molar-refractivity contribution is -0.145. The van der Waals surface area contributed by atoms with Gasteiger partial charge in [-0.25, -0.2) is 4.98 Å². The summed E-state index contributed by atoms with van der Waals surface area (Å²) in [5.41, 5.74) is 1.89. The maximum atomic E-state index is 14.0. The van der Waals surface area contributed by atoms with Gasteiger partial charge in [-0.3, -0.25) is 9.47 Å². The van der Waals surface area contributed by atoms with Crippen molar-refractivity contribution < 1.29 is 13.2 Å². The molecule has 0 saturated carbocycles. The van der Waals surface area contributed by atoms with Crippen LogP contribution in [0.4, 0.5) is 36.4 Å². The van der Waals surface area contributed by atoms with Gasteiger partial charge in [0.25, 0.3) is 0 Å². The molecule has 0 bridgehead atoms. The minimum Gasteiger partial charge on any atom is -0.357 e. The maximum absolute atomic E-state index is 14.0. The summed E-state index contributed by atoms with van der Waals surface area (Å²) in [6.07, 6.45) is -4.72. The van der Waals surface area contributed by atoms with Crippen LogP contribution in [0.2, 0.25) is 0 Å². The molecule has 1 N–H and O–H groups in total. The quantitative estimate of drug-likeness (QED) is 0.360. The van der Waals surface area contributed by atoms with Crippen molar-refractivity contribution in [2.75, 3.05) is 17.3 Å². The standard InChI is InChI=1S/C24H18F3N7/c1-28-21-30-22(33(16-10-4-2-5-11-16)17-12-6-3-7-13-17)32-23(31-21)34-19-15-9-8-14-18(19)29-20(34)24(25,26)27/h2-15H,1H3,(H,28,30,31,32). The van der Waals surface area contributed by atoms with E-state index in [1.54, 1.807) is 30.1 Å². The van der Waals surface area contributed by atoms with Crippen LogP contribution in [0.25, 0.3) is 17.0 Å². The molecule has 5 aromatic rings. The zero-order valence-electron chi connectivity index (χ0n) is 17.9. The predicted molar refractivity (Wildman–Crippen MR) is 124 cm³/mol. The number of rotatable bonds is 5. The second-order valence-electron chi connectivity index (χ2n) is 7.27. The zero-order valence-corrected chi connectivity index (χ0v) is 17.9. The third kappa shape index (κ3) is 3.90. The maximum Gasteiger partial charge on any atom is 0.450 e. The Labute approximate surface area is 192 Å². The average Bonchev–Trinajstić information content (AvgIpc) is 3.26. The van der Waals surface area contributed by atoms with Gasteiger partial charge in [-0.1, -0.05) is 48.5 Å². The molecule has 0 spiro atoms. The molecular formula is C24H18F3N7. The molecule has 0 saturated heterocycles. The van der Waals surface area contributed by atoms with Gasteiger partial charge in [0.2, 0.25) is 23.7 Å². The summed E-state index contributed by atoms with van der Waals surface area (Å²) in [6.45, 7) is 0. The first-order valence-corrected chi connectivity index (χ1v) is 10.3. The number of nitrogens with zero attached hydrogens (tertiary/aromatic N) is 6. The van der Waals surface area contributed by atoms with Gasteiger partial charge in [-0.05, 0) is 36.4 Å². The predicted octanol–water partition coefficient (Wildman–Crippen LogP) is 5.74. The molecular weight excluding hydrogens is 443 g/mol. The normalized spacial score (nSPS) is 11.5. The molecule has 0 atom stereocenters. The number of alkyl halides is 3. The molecule has 170 valence electrons. The van der Waals surface area contributed by atoms with Crippen molar-refractivity contribution in [3.8, 4) is 5.95 Å². The molecule has 7 nitrogen and oxygen atoms in total. The number of aromatic nitrogens is 5. The first-order chi connectivity index (χ1) is 16.5. The number of anilines is 4. The Hall–Kier alpha value is -4.47. The van der Waals surface area contributed by atoms with Crippen LogP contribution >= 0.6 is 0 Å². The van der Waals surface area contributed by atoms with E-state index in [4.69, 9.17) is 0 Å². The molecule has 0 amide bonds. The molecule has 10 heteroatoms. The van der Waals surface area contributed by atoms with Crippen molar-refractivity contribution in [1.29, 1.82) is 0 Å². The summed E-state index contributed by atoms with van der Waals surface area (Å²) in [7, 11) is 1.59. The molecule has 34 heavy (non-hydrogen) atoms. The van der Waals surface area contributed by atoms with Crippen molar-refractivity contribution in [1.82, 2.24) is 24.5 Å². The Morgan fingerprint density at radius 3 is 1.91 bits per heavy atom. The summed E-state index contributed by atoms with van der Waals surface area (Å²) in [6, 6.07) is 25.0. The van der Waals surface area contributed by atoms with E-state index in [9.17, 15) is 13.2 Å². The number of halogens is 3. The van der Waals surface area contributed by atoms with Gasteiger partial charge in [-0.2, -0.15) is 28.1 Å². The van der Waals surface area contributed by atoms with E-state index in [0.29, 0.717) is 0 Å². The van der Waals surface area contributed by atoms with Crippen LogP contribution in [-0.2, 0) is 6.18 Å². The minimum absolute atomic E-state index is 0.114. The Kier molecular flexibility index (Phi) is 5.33. The van der Waals surface area contributed by atoms with Crippen LogP contribution in [0.15, 0.2) is 84.9 Å². The Morgan fingerprint density at radius 1 is 0.735 bits per heavy atom. The second kappa shape index (κ2) is 8.47. The highest BCUT2D eigenvalue weighted by Gasteiger charge is 2.39. The minimum atomic E-state index is -4.72. The highest BCUT2D eigenvalue weighted by Crippen LogP contribution is 2.35. The van der Waals surface area contributed by atoms with Crippen LogP contribution in [0.5, 0.6) is 0 Å². The topological polar surface area (TPSA) is 71.8 Å². The second-order valence-corrected chi connectivity index (χ2v) is 7.27. The smallest absolute Gasteiger partial charge is 0.357 e. The van der Waals surface area contributed by atoms with E-state index in [1.165, 1.54) is 6.07 Å². The number of hydrogen-bond donors (Lipinski definition) is 1. The van der Waals surface area contributed by atoms with Gasteiger partial charge >= 0.3 is 6.18 Å². The molecule has 0 fully saturated rings. The Balaban J connectivity index is 1.78. The van der Waals surface area contributed by atoms with Gasteiger partial charge < -0.3 is 5.32 Å². The van der Waals surface area contributed by atoms with E-state index in [2.05, 4.69) is 25.3 Å². The number of hydrogen-bond acceptors (Lipinski definition) is 6. The van der Waals surface area contributed by atoms with Crippen LogP contribution in [0.1, 0.15) is 5.82 Å².